The zero-order valence-electron chi connectivity index (χ0n) is 11.3. The molecule has 3 rings (SSSR count). The average Bonchev–Trinajstić information content (AvgIpc) is 3.09. The van der Waals surface area contributed by atoms with Crippen LogP contribution in [0.1, 0.15) is 17.7 Å². The van der Waals surface area contributed by atoms with E-state index in [0.29, 0.717) is 10.4 Å². The first-order chi connectivity index (χ1) is 9.74. The number of carbonyl (C=O) groups is 1. The summed E-state index contributed by atoms with van der Waals surface area (Å²) in [5.41, 5.74) is 0. The summed E-state index contributed by atoms with van der Waals surface area (Å²) >= 11 is 7.37. The van der Waals surface area contributed by atoms with Gasteiger partial charge in [-0.25, -0.2) is 4.98 Å². The SMILES string of the molecule is O=C(C1CCCN1Cc1cnc(Cl)s1)N1CCNCC1. The molecule has 3 heterocycles. The largest absolute Gasteiger partial charge is 0.339 e. The van der Waals surface area contributed by atoms with E-state index < -0.39 is 0 Å². The Morgan fingerprint density at radius 3 is 2.95 bits per heavy atom. The molecule has 0 aliphatic carbocycles. The summed E-state index contributed by atoms with van der Waals surface area (Å²) < 4.78 is 0.573. The van der Waals surface area contributed by atoms with Gasteiger partial charge < -0.3 is 10.2 Å². The summed E-state index contributed by atoms with van der Waals surface area (Å²) in [4.78, 5) is 22.1. The van der Waals surface area contributed by atoms with Crippen molar-refractivity contribution < 1.29 is 4.79 Å². The first kappa shape index (κ1) is 14.3. The number of amides is 1. The van der Waals surface area contributed by atoms with Crippen molar-refractivity contribution in [2.75, 3.05) is 32.7 Å². The van der Waals surface area contributed by atoms with Gasteiger partial charge in [-0.05, 0) is 19.4 Å². The number of nitrogens with one attached hydrogen (secondary N) is 1. The summed E-state index contributed by atoms with van der Waals surface area (Å²) in [5.74, 6) is 0.291. The molecule has 0 bridgehead atoms. The van der Waals surface area contributed by atoms with E-state index in [0.717, 1.165) is 57.0 Å². The predicted octanol–water partition coefficient (Wildman–Crippen LogP) is 1.19. The Bertz CT molecular complexity index is 475. The van der Waals surface area contributed by atoms with Gasteiger partial charge in [0.25, 0.3) is 0 Å². The van der Waals surface area contributed by atoms with Gasteiger partial charge in [-0.2, -0.15) is 0 Å². The van der Waals surface area contributed by atoms with Crippen LogP contribution in [0.2, 0.25) is 4.47 Å². The van der Waals surface area contributed by atoms with Crippen LogP contribution in [0.15, 0.2) is 6.20 Å². The van der Waals surface area contributed by atoms with E-state index >= 15 is 0 Å². The van der Waals surface area contributed by atoms with Gasteiger partial charge in [0.15, 0.2) is 4.47 Å². The molecule has 1 aromatic heterocycles. The number of rotatable bonds is 3. The number of likely N-dealkylation sites (tertiary alicyclic amines) is 1. The quantitative estimate of drug-likeness (QED) is 0.910. The lowest BCUT2D eigenvalue weighted by molar-refractivity contribution is -0.136. The Hall–Kier alpha value is -0.690. The molecule has 0 radical (unpaired) electrons. The van der Waals surface area contributed by atoms with Crippen molar-refractivity contribution in [1.82, 2.24) is 20.1 Å². The van der Waals surface area contributed by atoms with Crippen molar-refractivity contribution in [2.45, 2.75) is 25.4 Å². The van der Waals surface area contributed by atoms with Crippen LogP contribution in [0.3, 0.4) is 0 Å². The summed E-state index contributed by atoms with van der Waals surface area (Å²) in [5, 5.41) is 3.29. The molecular weight excluding hydrogens is 296 g/mol. The Morgan fingerprint density at radius 1 is 1.45 bits per heavy atom. The lowest BCUT2D eigenvalue weighted by atomic mass is 10.1. The molecule has 1 aromatic rings. The fourth-order valence-corrected chi connectivity index (χ4v) is 3.95. The van der Waals surface area contributed by atoms with Crippen molar-refractivity contribution >= 4 is 28.8 Å². The van der Waals surface area contributed by atoms with E-state index in [1.165, 1.54) is 11.3 Å². The molecule has 1 unspecified atom stereocenters. The van der Waals surface area contributed by atoms with E-state index in [9.17, 15) is 4.79 Å². The third-order valence-electron chi connectivity index (χ3n) is 3.96. The summed E-state index contributed by atoms with van der Waals surface area (Å²) in [6, 6.07) is 0.0361. The van der Waals surface area contributed by atoms with Crippen molar-refractivity contribution in [1.29, 1.82) is 0 Å². The zero-order chi connectivity index (χ0) is 13.9. The van der Waals surface area contributed by atoms with Crippen molar-refractivity contribution in [3.63, 3.8) is 0 Å². The predicted molar refractivity (Wildman–Crippen MR) is 80.0 cm³/mol. The minimum absolute atomic E-state index is 0.0361. The number of aromatic nitrogens is 1. The van der Waals surface area contributed by atoms with Gasteiger partial charge in [0.1, 0.15) is 0 Å². The smallest absolute Gasteiger partial charge is 0.240 e. The number of hydrogen-bond acceptors (Lipinski definition) is 5. The number of halogens is 1. The molecule has 1 atom stereocenters. The molecular formula is C13H19ClN4OS. The Morgan fingerprint density at radius 2 is 2.25 bits per heavy atom. The van der Waals surface area contributed by atoms with E-state index in [2.05, 4.69) is 15.2 Å². The Labute approximate surface area is 127 Å². The minimum atomic E-state index is 0.0361. The fraction of sp³-hybridized carbons (Fsp3) is 0.692. The van der Waals surface area contributed by atoms with Crippen molar-refractivity contribution in [3.05, 3.63) is 15.5 Å². The van der Waals surface area contributed by atoms with Gasteiger partial charge in [-0.15, -0.1) is 11.3 Å². The second-order valence-electron chi connectivity index (χ2n) is 5.28. The molecule has 2 aliphatic heterocycles. The van der Waals surface area contributed by atoms with E-state index in [4.69, 9.17) is 11.6 Å². The molecule has 110 valence electrons. The van der Waals surface area contributed by atoms with E-state index in [1.807, 2.05) is 11.1 Å². The maximum absolute atomic E-state index is 12.6. The summed E-state index contributed by atoms with van der Waals surface area (Å²) in [6.07, 6.45) is 3.88. The lowest BCUT2D eigenvalue weighted by Gasteiger charge is -2.32. The van der Waals surface area contributed by atoms with Crippen LogP contribution >= 0.6 is 22.9 Å². The molecule has 5 nitrogen and oxygen atoms in total. The fourth-order valence-electron chi connectivity index (χ4n) is 2.95. The second-order valence-corrected chi connectivity index (χ2v) is 6.98. The Kier molecular flexibility index (Phi) is 4.55. The molecule has 0 aromatic carbocycles. The lowest BCUT2D eigenvalue weighted by Crippen LogP contribution is -2.52. The zero-order valence-corrected chi connectivity index (χ0v) is 12.9. The van der Waals surface area contributed by atoms with Crippen LogP contribution in [-0.4, -0.2) is 59.5 Å². The maximum Gasteiger partial charge on any atom is 0.240 e. The van der Waals surface area contributed by atoms with Crippen LogP contribution in [-0.2, 0) is 11.3 Å². The van der Waals surface area contributed by atoms with Crippen LogP contribution in [0.25, 0.3) is 0 Å². The highest BCUT2D eigenvalue weighted by Crippen LogP contribution is 2.25. The van der Waals surface area contributed by atoms with Gasteiger partial charge in [-0.1, -0.05) is 11.6 Å². The molecule has 2 aliphatic rings. The normalized spacial score (nSPS) is 24.2. The minimum Gasteiger partial charge on any atom is -0.339 e. The molecule has 0 spiro atoms. The molecule has 2 saturated heterocycles. The highest BCUT2D eigenvalue weighted by Gasteiger charge is 2.34. The van der Waals surface area contributed by atoms with E-state index in [-0.39, 0.29) is 6.04 Å². The van der Waals surface area contributed by atoms with E-state index in [1.54, 1.807) is 0 Å². The van der Waals surface area contributed by atoms with Gasteiger partial charge in [0.2, 0.25) is 5.91 Å². The number of piperazine rings is 1. The van der Waals surface area contributed by atoms with Crippen molar-refractivity contribution in [3.8, 4) is 0 Å². The monoisotopic (exact) mass is 314 g/mol. The molecule has 20 heavy (non-hydrogen) atoms. The van der Waals surface area contributed by atoms with Crippen molar-refractivity contribution in [2.24, 2.45) is 0 Å². The highest BCUT2D eigenvalue weighted by molar-refractivity contribution is 7.15. The second kappa shape index (κ2) is 6.39. The van der Waals surface area contributed by atoms with Gasteiger partial charge in [0, 0.05) is 43.8 Å². The molecule has 1 N–H and O–H groups in total. The topological polar surface area (TPSA) is 48.5 Å². The number of thiazole rings is 1. The molecule has 0 saturated carbocycles. The highest BCUT2D eigenvalue weighted by atomic mass is 35.5. The number of hydrogen-bond donors (Lipinski definition) is 1. The van der Waals surface area contributed by atoms with Crippen LogP contribution in [0, 0.1) is 0 Å². The maximum atomic E-state index is 12.6. The molecule has 7 heteroatoms. The third kappa shape index (κ3) is 3.14. The molecule has 1 amide bonds. The summed E-state index contributed by atoms with van der Waals surface area (Å²) in [6.45, 7) is 5.24. The first-order valence-electron chi connectivity index (χ1n) is 7.08. The van der Waals surface area contributed by atoms with Crippen LogP contribution in [0.5, 0.6) is 0 Å². The third-order valence-corrected chi connectivity index (χ3v) is 5.06. The van der Waals surface area contributed by atoms with Crippen LogP contribution in [0.4, 0.5) is 0 Å². The van der Waals surface area contributed by atoms with Gasteiger partial charge in [-0.3, -0.25) is 9.69 Å². The van der Waals surface area contributed by atoms with Gasteiger partial charge in [0.05, 0.1) is 6.04 Å². The van der Waals surface area contributed by atoms with Crippen LogP contribution < -0.4 is 5.32 Å². The summed E-state index contributed by atoms with van der Waals surface area (Å²) in [7, 11) is 0. The number of carbonyl (C=O) groups excluding carboxylic acids is 1. The Balaban J connectivity index is 1.63. The standard InChI is InChI=1S/C13H19ClN4OS/c14-13-16-8-10(20-13)9-18-5-1-2-11(18)12(19)17-6-3-15-4-7-17/h8,11,15H,1-7,9H2. The molecule has 2 fully saturated rings. The van der Waals surface area contributed by atoms with Gasteiger partial charge >= 0.3 is 0 Å². The number of nitrogens with zero attached hydrogens (tertiary/aromatic N) is 3. The first-order valence-corrected chi connectivity index (χ1v) is 8.27. The average molecular weight is 315 g/mol.